The third-order valence-corrected chi connectivity index (χ3v) is 3.78. The summed E-state index contributed by atoms with van der Waals surface area (Å²) >= 11 is 0. The third kappa shape index (κ3) is 3.72. The number of aryl methyl sites for hydroxylation is 1. The summed E-state index contributed by atoms with van der Waals surface area (Å²) in [5.74, 6) is -0.136. The summed E-state index contributed by atoms with van der Waals surface area (Å²) in [6, 6.07) is 5.17. The zero-order valence-electron chi connectivity index (χ0n) is 12.5. The molecule has 2 amide bonds. The highest BCUT2D eigenvalue weighted by Gasteiger charge is 2.31. The minimum Gasteiger partial charge on any atom is -0.399 e. The van der Waals surface area contributed by atoms with Gasteiger partial charge in [-0.1, -0.05) is 0 Å². The monoisotopic (exact) mass is 290 g/mol. The third-order valence-electron chi connectivity index (χ3n) is 3.78. The maximum Gasteiger partial charge on any atom is 0.238 e. The van der Waals surface area contributed by atoms with E-state index in [2.05, 4.69) is 10.6 Å². The van der Waals surface area contributed by atoms with Crippen molar-refractivity contribution in [2.45, 2.75) is 25.8 Å². The van der Waals surface area contributed by atoms with Gasteiger partial charge in [-0.15, -0.1) is 0 Å². The number of benzene rings is 1. The molecule has 1 saturated heterocycles. The van der Waals surface area contributed by atoms with E-state index in [1.165, 1.54) is 0 Å². The number of hydrogen-bond donors (Lipinski definition) is 3. The van der Waals surface area contributed by atoms with E-state index >= 15 is 0 Å². The lowest BCUT2D eigenvalue weighted by atomic mass is 10.2. The molecule has 1 unspecified atom stereocenters. The van der Waals surface area contributed by atoms with Crippen molar-refractivity contribution in [2.75, 3.05) is 31.2 Å². The zero-order valence-corrected chi connectivity index (χ0v) is 12.5. The van der Waals surface area contributed by atoms with Gasteiger partial charge in [0.1, 0.15) is 0 Å². The summed E-state index contributed by atoms with van der Waals surface area (Å²) in [7, 11) is 1.62. The van der Waals surface area contributed by atoms with Crippen LogP contribution in [0.15, 0.2) is 18.2 Å². The van der Waals surface area contributed by atoms with Gasteiger partial charge in [-0.05, 0) is 50.1 Å². The van der Waals surface area contributed by atoms with E-state index in [1.807, 2.05) is 17.9 Å². The first-order valence-electron chi connectivity index (χ1n) is 7.13. The molecule has 0 spiro atoms. The highest BCUT2D eigenvalue weighted by Crippen LogP contribution is 2.19. The Morgan fingerprint density at radius 1 is 1.43 bits per heavy atom. The molecule has 1 heterocycles. The lowest BCUT2D eigenvalue weighted by molar-refractivity contribution is -0.126. The van der Waals surface area contributed by atoms with Crippen LogP contribution in [0.4, 0.5) is 11.4 Å². The van der Waals surface area contributed by atoms with Crippen LogP contribution in [0, 0.1) is 6.92 Å². The molecule has 1 fully saturated rings. The second kappa shape index (κ2) is 6.58. The van der Waals surface area contributed by atoms with Gasteiger partial charge in [0.15, 0.2) is 0 Å². The Hall–Kier alpha value is -2.08. The van der Waals surface area contributed by atoms with Gasteiger partial charge in [-0.2, -0.15) is 0 Å². The first-order chi connectivity index (χ1) is 10.0. The minimum absolute atomic E-state index is 0.0241. The lowest BCUT2D eigenvalue weighted by Crippen LogP contribution is -2.45. The van der Waals surface area contributed by atoms with Crippen LogP contribution in [0.3, 0.4) is 0 Å². The molecule has 1 aliphatic rings. The number of rotatable bonds is 4. The quantitative estimate of drug-likeness (QED) is 0.713. The first-order valence-corrected chi connectivity index (χ1v) is 7.13. The molecule has 1 aromatic rings. The van der Waals surface area contributed by atoms with Gasteiger partial charge in [-0.25, -0.2) is 0 Å². The fourth-order valence-electron chi connectivity index (χ4n) is 2.68. The molecule has 0 saturated carbocycles. The van der Waals surface area contributed by atoms with Gasteiger partial charge in [0.2, 0.25) is 11.8 Å². The van der Waals surface area contributed by atoms with Gasteiger partial charge in [0, 0.05) is 18.4 Å². The Labute approximate surface area is 124 Å². The van der Waals surface area contributed by atoms with Crippen LogP contribution >= 0.6 is 0 Å². The molecule has 6 heteroatoms. The Balaban J connectivity index is 1.96. The number of carbonyl (C=O) groups excluding carboxylic acids is 2. The van der Waals surface area contributed by atoms with Gasteiger partial charge < -0.3 is 16.4 Å². The Morgan fingerprint density at radius 3 is 2.86 bits per heavy atom. The van der Waals surface area contributed by atoms with Gasteiger partial charge >= 0.3 is 0 Å². The van der Waals surface area contributed by atoms with Crippen molar-refractivity contribution >= 4 is 23.2 Å². The second-order valence-corrected chi connectivity index (χ2v) is 5.37. The number of hydrogen-bond acceptors (Lipinski definition) is 4. The molecule has 1 atom stereocenters. The van der Waals surface area contributed by atoms with Crippen molar-refractivity contribution in [1.29, 1.82) is 0 Å². The van der Waals surface area contributed by atoms with E-state index < -0.39 is 0 Å². The summed E-state index contributed by atoms with van der Waals surface area (Å²) in [6.07, 6.45) is 1.74. The molecule has 0 radical (unpaired) electrons. The molecule has 0 aromatic heterocycles. The van der Waals surface area contributed by atoms with E-state index in [9.17, 15) is 9.59 Å². The number of nitrogens with one attached hydrogen (secondary N) is 2. The zero-order chi connectivity index (χ0) is 15.4. The predicted molar refractivity (Wildman–Crippen MR) is 82.9 cm³/mol. The van der Waals surface area contributed by atoms with Crippen LogP contribution in [0.5, 0.6) is 0 Å². The van der Waals surface area contributed by atoms with Crippen LogP contribution in [0.25, 0.3) is 0 Å². The Kier molecular flexibility index (Phi) is 4.80. The highest BCUT2D eigenvalue weighted by atomic mass is 16.2. The molecule has 0 aliphatic carbocycles. The average molecular weight is 290 g/mol. The largest absolute Gasteiger partial charge is 0.399 e. The van der Waals surface area contributed by atoms with Crippen molar-refractivity contribution in [3.05, 3.63) is 23.8 Å². The van der Waals surface area contributed by atoms with Crippen LogP contribution in [0.2, 0.25) is 0 Å². The molecule has 0 bridgehead atoms. The fourth-order valence-corrected chi connectivity index (χ4v) is 2.68. The summed E-state index contributed by atoms with van der Waals surface area (Å²) < 4.78 is 0. The summed E-state index contributed by atoms with van der Waals surface area (Å²) in [4.78, 5) is 25.8. The van der Waals surface area contributed by atoms with Crippen molar-refractivity contribution in [3.63, 3.8) is 0 Å². The summed E-state index contributed by atoms with van der Waals surface area (Å²) in [5.41, 5.74) is 8.04. The smallest absolute Gasteiger partial charge is 0.238 e. The Morgan fingerprint density at radius 2 is 2.19 bits per heavy atom. The molecule has 4 N–H and O–H groups in total. The van der Waals surface area contributed by atoms with Gasteiger partial charge in [0.05, 0.1) is 12.6 Å². The normalized spacial score (nSPS) is 18.5. The van der Waals surface area contributed by atoms with Crippen molar-refractivity contribution in [1.82, 2.24) is 10.2 Å². The molecule has 1 aromatic carbocycles. The number of nitrogens with zero attached hydrogens (tertiary/aromatic N) is 1. The van der Waals surface area contributed by atoms with Gasteiger partial charge in [0.25, 0.3) is 0 Å². The van der Waals surface area contributed by atoms with Crippen molar-refractivity contribution in [2.24, 2.45) is 0 Å². The number of likely N-dealkylation sites (N-methyl/N-ethyl adjacent to an activating group) is 1. The standard InChI is InChI=1S/C15H22N4O2/c1-10-8-11(16)5-6-12(10)18-14(20)9-19-7-3-4-13(19)15(21)17-2/h5-6,8,13H,3-4,7,9,16H2,1-2H3,(H,17,21)(H,18,20). The number of nitrogens with two attached hydrogens (primary N) is 1. The molecular weight excluding hydrogens is 268 g/mol. The van der Waals surface area contributed by atoms with E-state index in [4.69, 9.17) is 5.73 Å². The number of amides is 2. The number of anilines is 2. The molecule has 21 heavy (non-hydrogen) atoms. The fraction of sp³-hybridized carbons (Fsp3) is 0.467. The predicted octanol–water partition coefficient (Wildman–Crippen LogP) is 0.726. The summed E-state index contributed by atoms with van der Waals surface area (Å²) in [5, 5.41) is 5.52. The SMILES string of the molecule is CNC(=O)C1CCCN1CC(=O)Nc1ccc(N)cc1C. The molecule has 1 aliphatic heterocycles. The molecule has 114 valence electrons. The highest BCUT2D eigenvalue weighted by molar-refractivity contribution is 5.93. The van der Waals surface area contributed by atoms with Crippen molar-refractivity contribution < 1.29 is 9.59 Å². The number of carbonyl (C=O) groups is 2. The number of nitrogen functional groups attached to an aromatic ring is 1. The van der Waals surface area contributed by atoms with E-state index in [0.717, 1.165) is 30.6 Å². The Bertz CT molecular complexity index is 544. The maximum absolute atomic E-state index is 12.1. The van der Waals surface area contributed by atoms with Crippen LogP contribution in [-0.4, -0.2) is 42.9 Å². The maximum atomic E-state index is 12.1. The topological polar surface area (TPSA) is 87.5 Å². The average Bonchev–Trinajstić information content (AvgIpc) is 2.89. The van der Waals surface area contributed by atoms with Crippen LogP contribution in [-0.2, 0) is 9.59 Å². The van der Waals surface area contributed by atoms with E-state index in [1.54, 1.807) is 19.2 Å². The second-order valence-electron chi connectivity index (χ2n) is 5.37. The number of likely N-dealkylation sites (tertiary alicyclic amines) is 1. The minimum atomic E-state index is -0.201. The summed E-state index contributed by atoms with van der Waals surface area (Å²) in [6.45, 7) is 2.89. The van der Waals surface area contributed by atoms with Crippen molar-refractivity contribution in [3.8, 4) is 0 Å². The van der Waals surface area contributed by atoms with Crippen LogP contribution < -0.4 is 16.4 Å². The van der Waals surface area contributed by atoms with Gasteiger partial charge in [-0.3, -0.25) is 14.5 Å². The van der Waals surface area contributed by atoms with Crippen LogP contribution in [0.1, 0.15) is 18.4 Å². The first kappa shape index (κ1) is 15.3. The molecule has 2 rings (SSSR count). The lowest BCUT2D eigenvalue weighted by Gasteiger charge is -2.22. The van der Waals surface area contributed by atoms with E-state index in [-0.39, 0.29) is 24.4 Å². The molecular formula is C15H22N4O2. The molecule has 6 nitrogen and oxygen atoms in total. The van der Waals surface area contributed by atoms with E-state index in [0.29, 0.717) is 5.69 Å².